The first-order valence-corrected chi connectivity index (χ1v) is 8.52. The zero-order chi connectivity index (χ0) is 15.1. The molecule has 1 aliphatic rings. The highest BCUT2D eigenvalue weighted by Gasteiger charge is 2.20. The predicted octanol–water partition coefficient (Wildman–Crippen LogP) is 5.52. The van der Waals surface area contributed by atoms with Gasteiger partial charge in [-0.05, 0) is 36.0 Å². The van der Waals surface area contributed by atoms with Crippen molar-refractivity contribution in [3.63, 3.8) is 0 Å². The number of ether oxygens (including phenoxy) is 2. The van der Waals surface area contributed by atoms with E-state index in [-0.39, 0.29) is 6.29 Å². The van der Waals surface area contributed by atoms with Gasteiger partial charge >= 0.3 is 0 Å². The van der Waals surface area contributed by atoms with Gasteiger partial charge in [-0.2, -0.15) is 0 Å². The first kappa shape index (κ1) is 16.4. The van der Waals surface area contributed by atoms with Crippen LogP contribution >= 0.6 is 0 Å². The molecule has 0 heterocycles. The normalized spacial score (nSPS) is 19.2. The van der Waals surface area contributed by atoms with Gasteiger partial charge in [0.1, 0.15) is 5.75 Å². The summed E-state index contributed by atoms with van der Waals surface area (Å²) in [5.74, 6) is 2.30. The van der Waals surface area contributed by atoms with Gasteiger partial charge in [0, 0.05) is 13.5 Å². The third kappa shape index (κ3) is 5.03. The Balaban J connectivity index is 1.88. The molecule has 2 atom stereocenters. The molecule has 0 aliphatic heterocycles. The van der Waals surface area contributed by atoms with Crippen LogP contribution in [0.15, 0.2) is 24.3 Å². The molecule has 0 aromatic heterocycles. The van der Waals surface area contributed by atoms with Crippen LogP contribution < -0.4 is 4.74 Å². The van der Waals surface area contributed by atoms with Crippen molar-refractivity contribution in [2.45, 2.75) is 71.0 Å². The zero-order valence-corrected chi connectivity index (χ0v) is 13.8. The van der Waals surface area contributed by atoms with Gasteiger partial charge in [-0.25, -0.2) is 0 Å². The van der Waals surface area contributed by atoms with Gasteiger partial charge < -0.3 is 9.47 Å². The lowest BCUT2D eigenvalue weighted by Crippen LogP contribution is -2.23. The third-order valence-electron chi connectivity index (χ3n) is 4.84. The monoisotopic (exact) mass is 290 g/mol. The van der Waals surface area contributed by atoms with E-state index in [9.17, 15) is 0 Å². The van der Waals surface area contributed by atoms with Gasteiger partial charge in [0.05, 0.1) is 0 Å². The van der Waals surface area contributed by atoms with Crippen molar-refractivity contribution >= 4 is 0 Å². The molecule has 1 fully saturated rings. The molecule has 21 heavy (non-hydrogen) atoms. The molecule has 2 nitrogen and oxygen atoms in total. The summed E-state index contributed by atoms with van der Waals surface area (Å²) in [6.45, 7) is 4.48. The largest absolute Gasteiger partial charge is 0.465 e. The molecular weight excluding hydrogens is 260 g/mol. The van der Waals surface area contributed by atoms with E-state index in [1.165, 1.54) is 44.1 Å². The molecule has 1 aromatic carbocycles. The van der Waals surface area contributed by atoms with Crippen molar-refractivity contribution in [1.29, 1.82) is 0 Å². The van der Waals surface area contributed by atoms with Gasteiger partial charge in [-0.3, -0.25) is 0 Å². The molecular formula is C19H30O2. The molecule has 0 spiro atoms. The van der Waals surface area contributed by atoms with Crippen molar-refractivity contribution in [2.24, 2.45) is 5.92 Å². The Morgan fingerprint density at radius 2 is 1.76 bits per heavy atom. The van der Waals surface area contributed by atoms with Crippen LogP contribution in [0, 0.1) is 5.92 Å². The number of benzene rings is 1. The Labute approximate surface area is 129 Å². The van der Waals surface area contributed by atoms with E-state index < -0.39 is 0 Å². The van der Waals surface area contributed by atoms with Crippen LogP contribution in [0.2, 0.25) is 0 Å². The Morgan fingerprint density at radius 1 is 1.10 bits per heavy atom. The van der Waals surface area contributed by atoms with E-state index in [2.05, 4.69) is 38.1 Å². The highest BCUT2D eigenvalue weighted by Crippen LogP contribution is 2.29. The van der Waals surface area contributed by atoms with E-state index in [4.69, 9.17) is 9.47 Å². The molecule has 2 heteroatoms. The molecule has 0 bridgehead atoms. The SMILES string of the molecule is CCC(C)c1ccc(OC(CC2CCCCC2)OC)cc1. The van der Waals surface area contributed by atoms with E-state index in [0.29, 0.717) is 5.92 Å². The summed E-state index contributed by atoms with van der Waals surface area (Å²) in [4.78, 5) is 0. The fraction of sp³-hybridized carbons (Fsp3) is 0.684. The lowest BCUT2D eigenvalue weighted by atomic mass is 9.87. The average molecular weight is 290 g/mol. The Morgan fingerprint density at radius 3 is 2.33 bits per heavy atom. The van der Waals surface area contributed by atoms with Crippen molar-refractivity contribution in [2.75, 3.05) is 7.11 Å². The zero-order valence-electron chi connectivity index (χ0n) is 13.8. The van der Waals surface area contributed by atoms with Crippen LogP contribution in [0.25, 0.3) is 0 Å². The van der Waals surface area contributed by atoms with E-state index >= 15 is 0 Å². The maximum absolute atomic E-state index is 6.01. The molecule has 2 unspecified atom stereocenters. The van der Waals surface area contributed by atoms with Crippen LogP contribution in [0.3, 0.4) is 0 Å². The summed E-state index contributed by atoms with van der Waals surface area (Å²) < 4.78 is 11.5. The number of rotatable bonds is 7. The molecule has 1 aliphatic carbocycles. The van der Waals surface area contributed by atoms with Gasteiger partial charge in [-0.1, -0.05) is 58.1 Å². The maximum atomic E-state index is 6.01. The number of methoxy groups -OCH3 is 1. The van der Waals surface area contributed by atoms with Crippen LogP contribution in [-0.2, 0) is 4.74 Å². The predicted molar refractivity (Wildman–Crippen MR) is 87.8 cm³/mol. The van der Waals surface area contributed by atoms with Gasteiger partial charge in [0.25, 0.3) is 0 Å². The first-order valence-electron chi connectivity index (χ1n) is 8.52. The first-order chi connectivity index (χ1) is 10.2. The quantitative estimate of drug-likeness (QED) is 0.615. The van der Waals surface area contributed by atoms with Crippen molar-refractivity contribution < 1.29 is 9.47 Å². The second kappa shape index (κ2) is 8.43. The second-order valence-corrected chi connectivity index (χ2v) is 6.40. The standard InChI is InChI=1S/C19H30O2/c1-4-15(2)17-10-12-18(13-11-17)21-19(20-3)14-16-8-6-5-7-9-16/h10-13,15-16,19H,4-9,14H2,1-3H3. The number of hydrogen-bond donors (Lipinski definition) is 0. The van der Waals surface area contributed by atoms with Gasteiger partial charge in [-0.15, -0.1) is 0 Å². The van der Waals surface area contributed by atoms with Crippen LogP contribution in [-0.4, -0.2) is 13.4 Å². The highest BCUT2D eigenvalue weighted by molar-refractivity contribution is 5.29. The topological polar surface area (TPSA) is 18.5 Å². The molecule has 2 rings (SSSR count). The third-order valence-corrected chi connectivity index (χ3v) is 4.84. The molecule has 1 saturated carbocycles. The van der Waals surface area contributed by atoms with E-state index in [1.807, 2.05) is 0 Å². The van der Waals surface area contributed by atoms with Crippen LogP contribution in [0.4, 0.5) is 0 Å². The van der Waals surface area contributed by atoms with Crippen molar-refractivity contribution in [3.8, 4) is 5.75 Å². The Hall–Kier alpha value is -1.02. The van der Waals surface area contributed by atoms with Crippen molar-refractivity contribution in [3.05, 3.63) is 29.8 Å². The minimum atomic E-state index is -0.109. The lowest BCUT2D eigenvalue weighted by Gasteiger charge is -2.26. The average Bonchev–Trinajstić information content (AvgIpc) is 2.55. The van der Waals surface area contributed by atoms with Crippen LogP contribution in [0.5, 0.6) is 5.75 Å². The highest BCUT2D eigenvalue weighted by atomic mass is 16.7. The summed E-state index contributed by atoms with van der Waals surface area (Å²) in [7, 11) is 1.75. The van der Waals surface area contributed by atoms with Crippen LogP contribution in [0.1, 0.15) is 70.3 Å². The summed E-state index contributed by atoms with van der Waals surface area (Å²) in [6.07, 6.45) is 8.86. The molecule has 0 radical (unpaired) electrons. The molecule has 0 N–H and O–H groups in total. The van der Waals surface area contributed by atoms with Crippen molar-refractivity contribution in [1.82, 2.24) is 0 Å². The fourth-order valence-electron chi connectivity index (χ4n) is 3.15. The minimum Gasteiger partial charge on any atom is -0.465 e. The maximum Gasteiger partial charge on any atom is 0.199 e. The minimum absolute atomic E-state index is 0.109. The van der Waals surface area contributed by atoms with E-state index in [1.54, 1.807) is 7.11 Å². The fourth-order valence-corrected chi connectivity index (χ4v) is 3.15. The molecule has 0 amide bonds. The summed E-state index contributed by atoms with van der Waals surface area (Å²) in [5, 5.41) is 0. The summed E-state index contributed by atoms with van der Waals surface area (Å²) in [6, 6.07) is 8.51. The molecule has 0 saturated heterocycles. The second-order valence-electron chi connectivity index (χ2n) is 6.40. The molecule has 1 aromatic rings. The number of hydrogen-bond acceptors (Lipinski definition) is 2. The molecule has 118 valence electrons. The van der Waals surface area contributed by atoms with E-state index in [0.717, 1.165) is 18.1 Å². The summed E-state index contributed by atoms with van der Waals surface area (Å²) in [5.41, 5.74) is 1.38. The Bertz CT molecular complexity index is 393. The summed E-state index contributed by atoms with van der Waals surface area (Å²) >= 11 is 0. The smallest absolute Gasteiger partial charge is 0.199 e. The van der Waals surface area contributed by atoms with Gasteiger partial charge in [0.2, 0.25) is 0 Å². The lowest BCUT2D eigenvalue weighted by molar-refractivity contribution is -0.0701. The Kier molecular flexibility index (Phi) is 6.56. The van der Waals surface area contributed by atoms with Gasteiger partial charge in [0.15, 0.2) is 6.29 Å².